The lowest BCUT2D eigenvalue weighted by molar-refractivity contribution is 0.460. The molecule has 1 aliphatic rings. The second-order valence-electron chi connectivity index (χ2n) is 4.20. The molecule has 1 aliphatic heterocycles. The Bertz CT molecular complexity index is 119. The highest BCUT2D eigenvalue weighted by Crippen LogP contribution is 2.28. The minimum Gasteiger partial charge on any atom is -0.327 e. The second kappa shape index (κ2) is 5.13. The first-order valence-electron chi connectivity index (χ1n) is 5.07. The lowest BCUT2D eigenvalue weighted by Gasteiger charge is -2.27. The van der Waals surface area contributed by atoms with Gasteiger partial charge in [-0.25, -0.2) is 0 Å². The molecule has 0 aromatic heterocycles. The molecule has 1 heterocycles. The monoisotopic (exact) mass is 187 g/mol. The number of rotatable bonds is 3. The Morgan fingerprint density at radius 2 is 2.17 bits per heavy atom. The summed E-state index contributed by atoms with van der Waals surface area (Å²) in [6.45, 7) is 4.51. The Morgan fingerprint density at radius 3 is 2.67 bits per heavy atom. The highest BCUT2D eigenvalue weighted by Gasteiger charge is 2.21. The molecule has 1 fully saturated rings. The summed E-state index contributed by atoms with van der Waals surface area (Å²) in [5.74, 6) is 2.08. The van der Waals surface area contributed by atoms with Crippen LogP contribution in [0, 0.1) is 5.92 Å². The van der Waals surface area contributed by atoms with Crippen molar-refractivity contribution in [3.05, 3.63) is 0 Å². The van der Waals surface area contributed by atoms with E-state index in [-0.39, 0.29) is 0 Å². The van der Waals surface area contributed by atoms with Crippen LogP contribution in [0.4, 0.5) is 0 Å². The van der Waals surface area contributed by atoms with E-state index >= 15 is 0 Å². The molecule has 2 atom stereocenters. The minimum absolute atomic E-state index is 0.440. The fourth-order valence-corrected chi connectivity index (χ4v) is 3.16. The van der Waals surface area contributed by atoms with Gasteiger partial charge in [0.2, 0.25) is 0 Å². The van der Waals surface area contributed by atoms with Crippen LogP contribution in [0.2, 0.25) is 0 Å². The standard InChI is InChI=1S/C10H21NS/c1-8(2)7-9(11)10-5-3-4-6-12-10/h8-10H,3-7,11H2,1-2H3. The summed E-state index contributed by atoms with van der Waals surface area (Å²) in [5, 5.41) is 0.751. The molecule has 0 aromatic carbocycles. The van der Waals surface area contributed by atoms with Gasteiger partial charge in [-0.15, -0.1) is 0 Å². The average molecular weight is 187 g/mol. The molecule has 0 amide bonds. The van der Waals surface area contributed by atoms with Crippen molar-refractivity contribution in [1.82, 2.24) is 0 Å². The summed E-state index contributed by atoms with van der Waals surface area (Å²) in [7, 11) is 0. The van der Waals surface area contributed by atoms with Crippen LogP contribution in [-0.2, 0) is 0 Å². The second-order valence-corrected chi connectivity index (χ2v) is 5.55. The van der Waals surface area contributed by atoms with E-state index < -0.39 is 0 Å². The van der Waals surface area contributed by atoms with Crippen LogP contribution in [-0.4, -0.2) is 17.0 Å². The Kier molecular flexibility index (Phi) is 4.44. The summed E-state index contributed by atoms with van der Waals surface area (Å²) < 4.78 is 0. The molecule has 1 saturated heterocycles. The first kappa shape index (κ1) is 10.4. The predicted octanol–water partition coefficient (Wildman–Crippen LogP) is 2.65. The van der Waals surface area contributed by atoms with Gasteiger partial charge in [-0.2, -0.15) is 11.8 Å². The normalized spacial score (nSPS) is 27.5. The number of nitrogens with two attached hydrogens (primary N) is 1. The van der Waals surface area contributed by atoms with Crippen LogP contribution in [0.25, 0.3) is 0 Å². The molecule has 0 bridgehead atoms. The molecular weight excluding hydrogens is 166 g/mol. The molecule has 0 aliphatic carbocycles. The summed E-state index contributed by atoms with van der Waals surface area (Å²) in [6, 6.07) is 0.440. The molecule has 0 spiro atoms. The first-order valence-corrected chi connectivity index (χ1v) is 6.12. The lowest BCUT2D eigenvalue weighted by atomic mass is 9.99. The van der Waals surface area contributed by atoms with E-state index in [1.54, 1.807) is 0 Å². The Morgan fingerprint density at radius 1 is 1.42 bits per heavy atom. The van der Waals surface area contributed by atoms with E-state index in [0.29, 0.717) is 6.04 Å². The van der Waals surface area contributed by atoms with E-state index in [1.807, 2.05) is 0 Å². The molecule has 12 heavy (non-hydrogen) atoms. The summed E-state index contributed by atoms with van der Waals surface area (Å²) in [5.41, 5.74) is 6.13. The lowest BCUT2D eigenvalue weighted by Crippen LogP contribution is -2.35. The zero-order valence-electron chi connectivity index (χ0n) is 8.25. The van der Waals surface area contributed by atoms with E-state index in [4.69, 9.17) is 5.73 Å². The third-order valence-corrected chi connectivity index (χ3v) is 3.97. The molecule has 2 unspecified atom stereocenters. The summed E-state index contributed by atoms with van der Waals surface area (Å²) >= 11 is 2.09. The summed E-state index contributed by atoms with van der Waals surface area (Å²) in [4.78, 5) is 0. The molecule has 0 saturated carbocycles. The van der Waals surface area contributed by atoms with Gasteiger partial charge in [0, 0.05) is 11.3 Å². The minimum atomic E-state index is 0.440. The predicted molar refractivity (Wildman–Crippen MR) is 57.5 cm³/mol. The zero-order chi connectivity index (χ0) is 8.97. The van der Waals surface area contributed by atoms with Crippen molar-refractivity contribution in [2.45, 2.75) is 50.8 Å². The maximum absolute atomic E-state index is 6.13. The van der Waals surface area contributed by atoms with Gasteiger partial charge in [-0.1, -0.05) is 20.3 Å². The van der Waals surface area contributed by atoms with Crippen LogP contribution >= 0.6 is 11.8 Å². The van der Waals surface area contributed by atoms with Gasteiger partial charge < -0.3 is 5.73 Å². The van der Waals surface area contributed by atoms with Gasteiger partial charge >= 0.3 is 0 Å². The maximum atomic E-state index is 6.13. The van der Waals surface area contributed by atoms with Crippen molar-refractivity contribution in [3.63, 3.8) is 0 Å². The third kappa shape index (κ3) is 3.36. The Labute approximate surface area is 80.5 Å². The van der Waals surface area contributed by atoms with Crippen LogP contribution in [0.1, 0.15) is 39.5 Å². The SMILES string of the molecule is CC(C)CC(N)C1CCCCS1. The van der Waals surface area contributed by atoms with Crippen LogP contribution < -0.4 is 5.73 Å². The quantitative estimate of drug-likeness (QED) is 0.735. The molecule has 0 aromatic rings. The number of hydrogen-bond donors (Lipinski definition) is 1. The highest BCUT2D eigenvalue weighted by molar-refractivity contribution is 8.00. The molecule has 72 valence electrons. The van der Waals surface area contributed by atoms with E-state index in [0.717, 1.165) is 11.2 Å². The van der Waals surface area contributed by atoms with Crippen molar-refractivity contribution >= 4 is 11.8 Å². The van der Waals surface area contributed by atoms with Gasteiger partial charge in [0.15, 0.2) is 0 Å². The van der Waals surface area contributed by atoms with Crippen LogP contribution in [0.3, 0.4) is 0 Å². The molecule has 0 radical (unpaired) electrons. The van der Waals surface area contributed by atoms with Gasteiger partial charge in [0.1, 0.15) is 0 Å². The van der Waals surface area contributed by atoms with Crippen LogP contribution in [0.5, 0.6) is 0 Å². The number of thioether (sulfide) groups is 1. The zero-order valence-corrected chi connectivity index (χ0v) is 9.07. The molecular formula is C10H21NS. The van der Waals surface area contributed by atoms with E-state index in [2.05, 4.69) is 25.6 Å². The van der Waals surface area contributed by atoms with E-state index in [1.165, 1.54) is 31.4 Å². The molecule has 1 rings (SSSR count). The van der Waals surface area contributed by atoms with Crippen molar-refractivity contribution in [2.24, 2.45) is 11.7 Å². The van der Waals surface area contributed by atoms with Gasteiger partial charge in [-0.05, 0) is 30.9 Å². The fraction of sp³-hybridized carbons (Fsp3) is 1.00. The Balaban J connectivity index is 2.24. The Hall–Kier alpha value is 0.310. The van der Waals surface area contributed by atoms with Crippen molar-refractivity contribution < 1.29 is 0 Å². The fourth-order valence-electron chi connectivity index (χ4n) is 1.80. The molecule has 2 N–H and O–H groups in total. The van der Waals surface area contributed by atoms with Crippen molar-refractivity contribution in [2.75, 3.05) is 5.75 Å². The van der Waals surface area contributed by atoms with Gasteiger partial charge in [-0.3, -0.25) is 0 Å². The molecule has 1 nitrogen and oxygen atoms in total. The average Bonchev–Trinajstić information content (AvgIpc) is 2.05. The van der Waals surface area contributed by atoms with Gasteiger partial charge in [0.05, 0.1) is 0 Å². The highest BCUT2D eigenvalue weighted by atomic mass is 32.2. The topological polar surface area (TPSA) is 26.0 Å². The number of hydrogen-bond acceptors (Lipinski definition) is 2. The van der Waals surface area contributed by atoms with Crippen LogP contribution in [0.15, 0.2) is 0 Å². The van der Waals surface area contributed by atoms with Gasteiger partial charge in [0.25, 0.3) is 0 Å². The molecule has 2 heteroatoms. The third-order valence-electron chi connectivity index (χ3n) is 2.44. The first-order chi connectivity index (χ1) is 5.70. The summed E-state index contributed by atoms with van der Waals surface area (Å²) in [6.07, 6.45) is 5.33. The smallest absolute Gasteiger partial charge is 0.0199 e. The van der Waals surface area contributed by atoms with Crippen molar-refractivity contribution in [3.8, 4) is 0 Å². The maximum Gasteiger partial charge on any atom is 0.0199 e. The largest absolute Gasteiger partial charge is 0.327 e. The van der Waals surface area contributed by atoms with Crippen molar-refractivity contribution in [1.29, 1.82) is 0 Å². The van der Waals surface area contributed by atoms with E-state index in [9.17, 15) is 0 Å².